The molecule has 2 heterocycles. The smallest absolute Gasteiger partial charge is 0.303 e. The molecular formula is C25H23ClO7. The van der Waals surface area contributed by atoms with E-state index in [1.165, 1.54) is 6.26 Å². The Labute approximate surface area is 194 Å². The van der Waals surface area contributed by atoms with Crippen LogP contribution in [0.2, 0.25) is 5.02 Å². The fourth-order valence-corrected chi connectivity index (χ4v) is 4.04. The van der Waals surface area contributed by atoms with Crippen molar-refractivity contribution >= 4 is 28.5 Å². The molecule has 4 rings (SSSR count). The average Bonchev–Trinajstić information content (AvgIpc) is 2.80. The van der Waals surface area contributed by atoms with Crippen LogP contribution in [0.5, 0.6) is 5.75 Å². The van der Waals surface area contributed by atoms with Crippen LogP contribution in [0, 0.1) is 5.92 Å². The van der Waals surface area contributed by atoms with Crippen LogP contribution in [0.15, 0.2) is 70.1 Å². The Kier molecular flexibility index (Phi) is 7.13. The largest absolute Gasteiger partial charge is 0.508 e. The third-order valence-corrected chi connectivity index (χ3v) is 5.78. The number of para-hydroxylation sites is 1. The standard InChI is InChI=1S/C25H23ClO7/c26-16-10-11-21-18(12-16)23(30)19(14-31-21)25-32-13-15(6-2-1-3-9-22(28)29)24(33-25)17-7-4-5-8-20(17)27/h1-2,4-5,7-8,10-12,14-15,24-25,27H,3,6,9,13H2,(H,28,29)/b2-1-. The molecule has 0 amide bonds. The molecule has 1 aromatic heterocycles. The van der Waals surface area contributed by atoms with Gasteiger partial charge in [-0.05, 0) is 37.1 Å². The summed E-state index contributed by atoms with van der Waals surface area (Å²) in [4.78, 5) is 23.8. The molecule has 1 fully saturated rings. The van der Waals surface area contributed by atoms with Crippen molar-refractivity contribution in [3.05, 3.63) is 87.3 Å². The third kappa shape index (κ3) is 5.27. The van der Waals surface area contributed by atoms with E-state index < -0.39 is 18.4 Å². The highest BCUT2D eigenvalue weighted by atomic mass is 35.5. The third-order valence-electron chi connectivity index (χ3n) is 5.55. The van der Waals surface area contributed by atoms with E-state index in [4.69, 9.17) is 30.6 Å². The van der Waals surface area contributed by atoms with E-state index in [-0.39, 0.29) is 35.7 Å². The van der Waals surface area contributed by atoms with E-state index in [1.807, 2.05) is 12.2 Å². The van der Waals surface area contributed by atoms with Crippen molar-refractivity contribution in [1.29, 1.82) is 0 Å². The summed E-state index contributed by atoms with van der Waals surface area (Å²) in [7, 11) is 0. The van der Waals surface area contributed by atoms with Gasteiger partial charge in [0.2, 0.25) is 5.43 Å². The lowest BCUT2D eigenvalue weighted by Gasteiger charge is -2.36. The molecule has 1 aliphatic rings. The number of hydrogen-bond acceptors (Lipinski definition) is 6. The van der Waals surface area contributed by atoms with Crippen LogP contribution in [0.1, 0.15) is 42.8 Å². The molecule has 3 aromatic rings. The molecule has 1 saturated heterocycles. The van der Waals surface area contributed by atoms with Gasteiger partial charge in [-0.15, -0.1) is 0 Å². The quantitative estimate of drug-likeness (QED) is 0.447. The van der Waals surface area contributed by atoms with Crippen molar-refractivity contribution < 1.29 is 28.9 Å². The number of fused-ring (bicyclic) bond motifs is 1. The van der Waals surface area contributed by atoms with Gasteiger partial charge in [0, 0.05) is 22.9 Å². The maximum atomic E-state index is 13.1. The average molecular weight is 471 g/mol. The number of carboxylic acid groups (broad SMARTS) is 1. The van der Waals surface area contributed by atoms with E-state index in [0.717, 1.165) is 0 Å². The minimum Gasteiger partial charge on any atom is -0.508 e. The molecule has 7 nitrogen and oxygen atoms in total. The van der Waals surface area contributed by atoms with Crippen LogP contribution in [0.25, 0.3) is 11.0 Å². The van der Waals surface area contributed by atoms with E-state index in [2.05, 4.69) is 0 Å². The minimum atomic E-state index is -0.985. The maximum absolute atomic E-state index is 13.1. The molecule has 0 saturated carbocycles. The fourth-order valence-electron chi connectivity index (χ4n) is 3.87. The number of hydrogen-bond donors (Lipinski definition) is 2. The number of benzene rings is 2. The predicted octanol–water partition coefficient (Wildman–Crippen LogP) is 5.37. The summed E-state index contributed by atoms with van der Waals surface area (Å²) in [5, 5.41) is 20.0. The van der Waals surface area contributed by atoms with Crippen molar-refractivity contribution in [2.75, 3.05) is 6.61 Å². The summed E-state index contributed by atoms with van der Waals surface area (Å²) in [5.74, 6) is -0.924. The summed E-state index contributed by atoms with van der Waals surface area (Å²) < 4.78 is 17.7. The van der Waals surface area contributed by atoms with Crippen molar-refractivity contribution in [1.82, 2.24) is 0 Å². The van der Waals surface area contributed by atoms with Gasteiger partial charge in [0.25, 0.3) is 0 Å². The van der Waals surface area contributed by atoms with Crippen LogP contribution in [-0.2, 0) is 14.3 Å². The van der Waals surface area contributed by atoms with Crippen LogP contribution >= 0.6 is 11.6 Å². The predicted molar refractivity (Wildman–Crippen MR) is 122 cm³/mol. The Bertz CT molecular complexity index is 1230. The van der Waals surface area contributed by atoms with Gasteiger partial charge in [0.05, 0.1) is 23.7 Å². The van der Waals surface area contributed by atoms with Gasteiger partial charge in [-0.2, -0.15) is 0 Å². The van der Waals surface area contributed by atoms with Gasteiger partial charge >= 0.3 is 5.97 Å². The summed E-state index contributed by atoms with van der Waals surface area (Å²) in [6, 6.07) is 11.7. The van der Waals surface area contributed by atoms with Crippen molar-refractivity contribution in [2.24, 2.45) is 5.92 Å². The van der Waals surface area contributed by atoms with E-state index in [1.54, 1.807) is 42.5 Å². The molecule has 2 N–H and O–H groups in total. The molecule has 3 atom stereocenters. The van der Waals surface area contributed by atoms with Crippen LogP contribution in [-0.4, -0.2) is 22.8 Å². The Balaban J connectivity index is 1.61. The van der Waals surface area contributed by atoms with Gasteiger partial charge in [0.1, 0.15) is 17.6 Å². The number of phenols is 1. The summed E-state index contributed by atoms with van der Waals surface area (Å²) in [6.45, 7) is 0.264. The number of aromatic hydroxyl groups is 1. The molecule has 0 radical (unpaired) electrons. The molecule has 172 valence electrons. The number of rotatable bonds is 7. The van der Waals surface area contributed by atoms with Crippen LogP contribution in [0.3, 0.4) is 0 Å². The number of allylic oxidation sites excluding steroid dienone is 2. The zero-order chi connectivity index (χ0) is 23.4. The van der Waals surface area contributed by atoms with Gasteiger partial charge in [-0.3, -0.25) is 9.59 Å². The molecule has 0 bridgehead atoms. The Hall–Kier alpha value is -3.13. The molecular weight excluding hydrogens is 448 g/mol. The zero-order valence-electron chi connectivity index (χ0n) is 17.6. The highest BCUT2D eigenvalue weighted by Gasteiger charge is 2.36. The molecule has 2 aromatic carbocycles. The summed E-state index contributed by atoms with van der Waals surface area (Å²) >= 11 is 6.05. The first kappa shape index (κ1) is 23.0. The van der Waals surface area contributed by atoms with Gasteiger partial charge in [0.15, 0.2) is 6.29 Å². The Morgan fingerprint density at radius 2 is 1.97 bits per heavy atom. The SMILES string of the molecule is O=C(O)CC/C=C\CC1COC(c2coc3ccc(Cl)cc3c2=O)OC1c1ccccc1O. The van der Waals surface area contributed by atoms with Crippen molar-refractivity contribution in [3.63, 3.8) is 0 Å². The second-order valence-electron chi connectivity index (χ2n) is 7.84. The Morgan fingerprint density at radius 1 is 1.15 bits per heavy atom. The maximum Gasteiger partial charge on any atom is 0.303 e. The molecule has 0 aliphatic carbocycles. The molecule has 1 aliphatic heterocycles. The topological polar surface area (TPSA) is 106 Å². The lowest BCUT2D eigenvalue weighted by molar-refractivity contribution is -0.244. The minimum absolute atomic E-state index is 0.0564. The van der Waals surface area contributed by atoms with Crippen LogP contribution < -0.4 is 5.43 Å². The summed E-state index contributed by atoms with van der Waals surface area (Å²) in [5.41, 5.74) is 0.904. The summed E-state index contributed by atoms with van der Waals surface area (Å²) in [6.07, 6.45) is 4.52. The number of halogens is 1. The number of aliphatic carboxylic acids is 1. The molecule has 0 spiro atoms. The number of carbonyl (C=O) groups is 1. The second-order valence-corrected chi connectivity index (χ2v) is 8.28. The zero-order valence-corrected chi connectivity index (χ0v) is 18.4. The van der Waals surface area contributed by atoms with E-state index >= 15 is 0 Å². The normalized spacial score (nSPS) is 20.9. The lowest BCUT2D eigenvalue weighted by atomic mass is 9.91. The monoisotopic (exact) mass is 470 g/mol. The van der Waals surface area contributed by atoms with E-state index in [0.29, 0.717) is 34.4 Å². The van der Waals surface area contributed by atoms with Crippen molar-refractivity contribution in [3.8, 4) is 5.75 Å². The number of phenolic OH excluding ortho intramolecular Hbond substituents is 1. The molecule has 33 heavy (non-hydrogen) atoms. The second kappa shape index (κ2) is 10.2. The van der Waals surface area contributed by atoms with Crippen molar-refractivity contribution in [2.45, 2.75) is 31.7 Å². The highest BCUT2D eigenvalue weighted by Crippen LogP contribution is 2.42. The first-order valence-electron chi connectivity index (χ1n) is 10.6. The first-order chi connectivity index (χ1) is 15.9. The van der Waals surface area contributed by atoms with Gasteiger partial charge < -0.3 is 24.1 Å². The van der Waals surface area contributed by atoms with Gasteiger partial charge in [-0.25, -0.2) is 0 Å². The number of ether oxygens (including phenoxy) is 2. The molecule has 8 heteroatoms. The first-order valence-corrected chi connectivity index (χ1v) is 10.9. The van der Waals surface area contributed by atoms with E-state index in [9.17, 15) is 14.7 Å². The highest BCUT2D eigenvalue weighted by molar-refractivity contribution is 6.31. The molecule has 3 unspecified atom stereocenters. The van der Waals surface area contributed by atoms with Crippen LogP contribution in [0.4, 0.5) is 0 Å². The fraction of sp³-hybridized carbons (Fsp3) is 0.280. The lowest BCUT2D eigenvalue weighted by Crippen LogP contribution is -2.32. The number of carboxylic acids is 1. The Morgan fingerprint density at radius 3 is 2.76 bits per heavy atom. The van der Waals surface area contributed by atoms with Gasteiger partial charge in [-0.1, -0.05) is 42.0 Å².